The van der Waals surface area contributed by atoms with E-state index in [0.29, 0.717) is 6.54 Å². The van der Waals surface area contributed by atoms with Gasteiger partial charge in [-0.05, 0) is 20.8 Å². The van der Waals surface area contributed by atoms with Crippen LogP contribution in [-0.2, 0) is 5.54 Å². The topological polar surface area (TPSA) is 56.7 Å². The average molecular weight is 362 g/mol. The molecule has 7 heteroatoms. The van der Waals surface area contributed by atoms with E-state index in [0.717, 1.165) is 10.9 Å². The van der Waals surface area contributed by atoms with Crippen LogP contribution in [-0.4, -0.2) is 27.1 Å². The third-order valence-electron chi connectivity index (χ3n) is 1.50. The first-order valence-corrected chi connectivity index (χ1v) is 5.27. The summed E-state index contributed by atoms with van der Waals surface area (Å²) in [5, 5.41) is 5.13. The monoisotopic (exact) mass is 360 g/mol. The molecule has 1 aromatic rings. The largest absolute Gasteiger partial charge is 0.330 e. The summed E-state index contributed by atoms with van der Waals surface area (Å²) < 4.78 is 1.92. The molecule has 1 heterocycles. The molecule has 0 spiro atoms. The van der Waals surface area contributed by atoms with Gasteiger partial charge in [0.25, 0.3) is 0 Å². The third-order valence-corrected chi connectivity index (χ3v) is 2.48. The van der Waals surface area contributed by atoms with Crippen LogP contribution in [0.5, 0.6) is 0 Å². The molecule has 0 aromatic carbocycles. The van der Waals surface area contributed by atoms with Gasteiger partial charge in [-0.25, -0.2) is 9.67 Å². The quantitative estimate of drug-likeness (QED) is 0.839. The highest BCUT2D eigenvalue weighted by atomic mass is 79.9. The number of aromatic nitrogens is 3. The van der Waals surface area contributed by atoms with Gasteiger partial charge in [0.2, 0.25) is 0 Å². The smallest absolute Gasteiger partial charge is 0.186 e. The summed E-state index contributed by atoms with van der Waals surface area (Å²) in [4.78, 5) is 4.18. The second kappa shape index (κ2) is 7.65. The van der Waals surface area contributed by atoms with E-state index >= 15 is 0 Å². The lowest BCUT2D eigenvalue weighted by Gasteiger charge is -2.20. The fraction of sp³-hybridized carbons (Fsp3) is 0.750. The van der Waals surface area contributed by atoms with E-state index in [1.54, 1.807) is 18.1 Å². The molecule has 90 valence electrons. The van der Waals surface area contributed by atoms with Gasteiger partial charge >= 0.3 is 0 Å². The highest BCUT2D eigenvalue weighted by Crippen LogP contribution is 2.21. The van der Waals surface area contributed by atoms with Crippen molar-refractivity contribution in [3.05, 3.63) is 6.33 Å². The number of rotatable bonds is 3. The molecule has 0 aliphatic rings. The summed E-state index contributed by atoms with van der Waals surface area (Å²) in [7, 11) is 0. The minimum Gasteiger partial charge on any atom is -0.330 e. The Morgan fingerprint density at radius 1 is 1.40 bits per heavy atom. The molecule has 1 rings (SSSR count). The first kappa shape index (κ1) is 17.8. The number of halogens is 2. The molecule has 0 aliphatic carbocycles. The predicted molar refractivity (Wildman–Crippen MR) is 75.4 cm³/mol. The molecule has 4 nitrogen and oxygen atoms in total. The molecule has 2 N–H and O–H groups in total. The summed E-state index contributed by atoms with van der Waals surface area (Å²) in [6, 6.07) is 0. The molecule has 0 aliphatic heterocycles. The molecular weight excluding hydrogens is 344 g/mol. The Kier molecular flexibility index (Phi) is 9.07. The van der Waals surface area contributed by atoms with Crippen LogP contribution in [0, 0.1) is 0 Å². The maximum atomic E-state index is 5.43. The number of thioether (sulfide) groups is 1. The summed E-state index contributed by atoms with van der Waals surface area (Å²) in [5.41, 5.74) is 5.42. The van der Waals surface area contributed by atoms with Crippen molar-refractivity contribution in [1.29, 1.82) is 0 Å². The first-order chi connectivity index (χ1) is 6.05. The van der Waals surface area contributed by atoms with Crippen molar-refractivity contribution in [2.75, 3.05) is 12.3 Å². The Morgan fingerprint density at radius 2 is 2.00 bits per heavy atom. The minimum absolute atomic E-state index is 0. The fourth-order valence-corrected chi connectivity index (χ4v) is 1.81. The van der Waals surface area contributed by atoms with Gasteiger partial charge in [-0.15, -0.1) is 34.0 Å². The van der Waals surface area contributed by atoms with Crippen LogP contribution < -0.4 is 5.73 Å². The van der Waals surface area contributed by atoms with Crippen LogP contribution in [0.1, 0.15) is 20.8 Å². The zero-order valence-corrected chi connectivity index (χ0v) is 13.4. The van der Waals surface area contributed by atoms with Gasteiger partial charge in [-0.3, -0.25) is 0 Å². The third kappa shape index (κ3) is 5.33. The Hall–Kier alpha value is 0.410. The van der Waals surface area contributed by atoms with Crippen molar-refractivity contribution >= 4 is 45.7 Å². The van der Waals surface area contributed by atoms with Crippen molar-refractivity contribution in [1.82, 2.24) is 14.8 Å². The van der Waals surface area contributed by atoms with E-state index in [2.05, 4.69) is 30.9 Å². The Balaban J connectivity index is 0. The Bertz CT molecular complexity index is 272. The number of nitrogens with two attached hydrogens (primary N) is 1. The molecule has 0 amide bonds. The predicted octanol–water partition coefficient (Wildman–Crippen LogP) is 2.24. The van der Waals surface area contributed by atoms with Gasteiger partial charge in [-0.1, -0.05) is 11.8 Å². The highest BCUT2D eigenvalue weighted by Gasteiger charge is 2.18. The molecule has 0 fully saturated rings. The zero-order chi connectivity index (χ0) is 9.90. The highest BCUT2D eigenvalue weighted by molar-refractivity contribution is 8.93. The first-order valence-electron chi connectivity index (χ1n) is 4.29. The molecule has 0 radical (unpaired) electrons. The second-order valence-corrected chi connectivity index (χ2v) is 4.82. The Labute approximate surface area is 116 Å². The van der Waals surface area contributed by atoms with Crippen molar-refractivity contribution in [2.24, 2.45) is 5.73 Å². The maximum absolute atomic E-state index is 5.43. The minimum atomic E-state index is -0.00652. The summed E-state index contributed by atoms with van der Waals surface area (Å²) >= 11 is 1.64. The lowest BCUT2D eigenvalue weighted by atomic mass is 10.1. The zero-order valence-electron chi connectivity index (χ0n) is 9.14. The van der Waals surface area contributed by atoms with Gasteiger partial charge in [0, 0.05) is 12.3 Å². The second-order valence-electron chi connectivity index (χ2n) is 3.76. The van der Waals surface area contributed by atoms with Crippen LogP contribution in [0.4, 0.5) is 0 Å². The van der Waals surface area contributed by atoms with Gasteiger partial charge < -0.3 is 5.73 Å². The van der Waals surface area contributed by atoms with Crippen LogP contribution >= 0.6 is 45.7 Å². The Morgan fingerprint density at radius 3 is 2.47 bits per heavy atom. The van der Waals surface area contributed by atoms with Crippen LogP contribution in [0.25, 0.3) is 0 Å². The van der Waals surface area contributed by atoms with E-state index in [4.69, 9.17) is 5.73 Å². The van der Waals surface area contributed by atoms with Crippen LogP contribution in [0.2, 0.25) is 0 Å². The van der Waals surface area contributed by atoms with E-state index in [9.17, 15) is 0 Å². The van der Waals surface area contributed by atoms with E-state index in [1.807, 2.05) is 4.68 Å². The van der Waals surface area contributed by atoms with E-state index < -0.39 is 0 Å². The normalized spacial score (nSPS) is 10.4. The molecule has 0 saturated heterocycles. The molecule has 0 bridgehead atoms. The number of nitrogens with zero attached hydrogens (tertiary/aromatic N) is 3. The lowest BCUT2D eigenvalue weighted by molar-refractivity contribution is 0.326. The molecular formula is C8H18Br2N4S. The summed E-state index contributed by atoms with van der Waals surface area (Å²) in [6.07, 6.45) is 1.59. The number of hydrogen-bond acceptors (Lipinski definition) is 4. The van der Waals surface area contributed by atoms with Crippen LogP contribution in [0.3, 0.4) is 0 Å². The van der Waals surface area contributed by atoms with E-state index in [-0.39, 0.29) is 39.5 Å². The van der Waals surface area contributed by atoms with E-state index in [1.165, 1.54) is 0 Å². The molecule has 0 unspecified atom stereocenters. The molecule has 1 aromatic heterocycles. The summed E-state index contributed by atoms with van der Waals surface area (Å²) in [5.74, 6) is 0.884. The SMILES string of the molecule is Br.Br.CC(C)(C)n1ncnc1SCCN. The standard InChI is InChI=1S/C8H16N4S.2BrH/c1-8(2,3)12-7(10-6-11-12)13-5-4-9;;/h6H,4-5,9H2,1-3H3;2*1H. The van der Waals surface area contributed by atoms with Crippen molar-refractivity contribution in [2.45, 2.75) is 31.5 Å². The van der Waals surface area contributed by atoms with Crippen LogP contribution in [0.15, 0.2) is 11.5 Å². The molecule has 0 atom stereocenters. The summed E-state index contributed by atoms with van der Waals surface area (Å²) in [6.45, 7) is 6.98. The molecule has 0 saturated carbocycles. The van der Waals surface area contributed by atoms with Crippen molar-refractivity contribution in [3.8, 4) is 0 Å². The number of hydrogen-bond donors (Lipinski definition) is 1. The fourth-order valence-electron chi connectivity index (χ4n) is 0.940. The van der Waals surface area contributed by atoms with Gasteiger partial charge in [0.1, 0.15) is 6.33 Å². The van der Waals surface area contributed by atoms with Gasteiger partial charge in [0.05, 0.1) is 5.54 Å². The van der Waals surface area contributed by atoms with Gasteiger partial charge in [0.15, 0.2) is 5.16 Å². The van der Waals surface area contributed by atoms with Crippen molar-refractivity contribution in [3.63, 3.8) is 0 Å². The average Bonchev–Trinajstić information content (AvgIpc) is 2.47. The molecule has 15 heavy (non-hydrogen) atoms. The lowest BCUT2D eigenvalue weighted by Crippen LogP contribution is -2.24. The van der Waals surface area contributed by atoms with Gasteiger partial charge in [-0.2, -0.15) is 5.10 Å². The maximum Gasteiger partial charge on any atom is 0.186 e. The van der Waals surface area contributed by atoms with Crippen molar-refractivity contribution < 1.29 is 0 Å².